The number of rotatable bonds is 5. The molecule has 0 amide bonds. The Labute approximate surface area is 132 Å². The first-order valence-electron chi connectivity index (χ1n) is 8.24. The Bertz CT molecular complexity index is 500. The monoisotopic (exact) mass is 307 g/mol. The van der Waals surface area contributed by atoms with Gasteiger partial charge in [-0.1, -0.05) is 43.9 Å². The lowest BCUT2D eigenvalue weighted by Gasteiger charge is -2.35. The van der Waals surface area contributed by atoms with Crippen LogP contribution in [0.15, 0.2) is 23.1 Å². The molecule has 0 aromatic heterocycles. The summed E-state index contributed by atoms with van der Waals surface area (Å²) < 4.78 is 13.1. The lowest BCUT2D eigenvalue weighted by Crippen LogP contribution is -2.37. The molecule has 3 heteroatoms. The van der Waals surface area contributed by atoms with E-state index in [2.05, 4.69) is 39.0 Å². The van der Waals surface area contributed by atoms with Crippen LogP contribution < -0.4 is 5.73 Å². The molecule has 0 spiro atoms. The lowest BCUT2D eigenvalue weighted by atomic mass is 9.80. The average Bonchev–Trinajstić information content (AvgIpc) is 2.47. The number of benzene rings is 1. The fourth-order valence-electron chi connectivity index (χ4n) is 3.66. The summed E-state index contributed by atoms with van der Waals surface area (Å²) >= 11 is 0. The van der Waals surface area contributed by atoms with Gasteiger partial charge >= 0.3 is 0 Å². The van der Waals surface area contributed by atoms with E-state index in [1.54, 1.807) is 0 Å². The van der Waals surface area contributed by atoms with Crippen LogP contribution in [0.5, 0.6) is 0 Å². The molecule has 1 aliphatic rings. The second kappa shape index (κ2) is 7.55. The molecule has 1 aromatic rings. The summed E-state index contributed by atoms with van der Waals surface area (Å²) in [4.78, 5) is 1.01. The zero-order valence-corrected chi connectivity index (χ0v) is 14.4. The van der Waals surface area contributed by atoms with E-state index in [1.165, 1.54) is 24.8 Å². The molecule has 4 atom stereocenters. The van der Waals surface area contributed by atoms with Crippen LogP contribution in [0.2, 0.25) is 0 Å². The minimum absolute atomic E-state index is 0.238. The lowest BCUT2D eigenvalue weighted by molar-refractivity contribution is 0.272. The van der Waals surface area contributed by atoms with Crippen LogP contribution in [0.3, 0.4) is 0 Å². The van der Waals surface area contributed by atoms with Crippen LogP contribution in [-0.2, 0) is 10.8 Å². The van der Waals surface area contributed by atoms with Crippen molar-refractivity contribution in [1.82, 2.24) is 0 Å². The highest BCUT2D eigenvalue weighted by Gasteiger charge is 2.34. The molecule has 1 fully saturated rings. The Kier molecular flexibility index (Phi) is 6.00. The molecule has 0 saturated heterocycles. The van der Waals surface area contributed by atoms with Crippen molar-refractivity contribution in [3.05, 3.63) is 29.3 Å². The van der Waals surface area contributed by atoms with Crippen LogP contribution in [-0.4, -0.2) is 16.0 Å². The molecule has 0 heterocycles. The normalized spacial score (nSPS) is 27.5. The first kappa shape index (κ1) is 16.7. The van der Waals surface area contributed by atoms with Crippen molar-refractivity contribution in [2.24, 2.45) is 17.6 Å². The number of aryl methyl sites for hydroxylation is 2. The molecule has 1 aliphatic carbocycles. The molecule has 0 bridgehead atoms. The molecular weight excluding hydrogens is 278 g/mol. The second-order valence-electron chi connectivity index (χ2n) is 6.57. The van der Waals surface area contributed by atoms with Crippen LogP contribution in [0.1, 0.15) is 50.2 Å². The van der Waals surface area contributed by atoms with Crippen molar-refractivity contribution in [3.8, 4) is 0 Å². The Balaban J connectivity index is 2.21. The number of hydrogen-bond donors (Lipinski definition) is 1. The SMILES string of the molecule is CCCC1CCC(CN)C(S(=O)c2ccc(C)cc2C)C1. The van der Waals surface area contributed by atoms with E-state index in [9.17, 15) is 4.21 Å². The summed E-state index contributed by atoms with van der Waals surface area (Å²) in [6.45, 7) is 7.07. The van der Waals surface area contributed by atoms with Gasteiger partial charge in [-0.15, -0.1) is 0 Å². The molecule has 0 radical (unpaired) electrons. The molecule has 2 rings (SSSR count). The van der Waals surface area contributed by atoms with Crippen molar-refractivity contribution < 1.29 is 4.21 Å². The molecule has 21 heavy (non-hydrogen) atoms. The molecule has 4 unspecified atom stereocenters. The van der Waals surface area contributed by atoms with Gasteiger partial charge in [0.1, 0.15) is 0 Å². The maximum absolute atomic E-state index is 13.1. The largest absolute Gasteiger partial charge is 0.330 e. The Morgan fingerprint density at radius 3 is 2.67 bits per heavy atom. The maximum Gasteiger partial charge on any atom is 0.0566 e. The quantitative estimate of drug-likeness (QED) is 0.895. The summed E-state index contributed by atoms with van der Waals surface area (Å²) in [6.07, 6.45) is 5.97. The van der Waals surface area contributed by atoms with E-state index >= 15 is 0 Å². The van der Waals surface area contributed by atoms with Crippen LogP contribution in [0.25, 0.3) is 0 Å². The highest BCUT2D eigenvalue weighted by Crippen LogP contribution is 2.36. The van der Waals surface area contributed by atoms with Crippen molar-refractivity contribution in [2.45, 2.75) is 63.0 Å². The summed E-state index contributed by atoms with van der Waals surface area (Å²) in [5, 5.41) is 0.238. The van der Waals surface area contributed by atoms with E-state index in [-0.39, 0.29) is 5.25 Å². The van der Waals surface area contributed by atoms with Gasteiger partial charge in [0.15, 0.2) is 0 Å². The van der Waals surface area contributed by atoms with Gasteiger partial charge in [-0.05, 0) is 56.7 Å². The third-order valence-electron chi connectivity index (χ3n) is 4.86. The Hall–Kier alpha value is -0.670. The Morgan fingerprint density at radius 2 is 2.05 bits per heavy atom. The number of hydrogen-bond acceptors (Lipinski definition) is 2. The smallest absolute Gasteiger partial charge is 0.0566 e. The highest BCUT2D eigenvalue weighted by atomic mass is 32.2. The predicted octanol–water partition coefficient (Wildman–Crippen LogP) is 3.95. The fourth-order valence-corrected chi connectivity index (χ4v) is 5.61. The van der Waals surface area contributed by atoms with Gasteiger partial charge in [-0.25, -0.2) is 0 Å². The zero-order chi connectivity index (χ0) is 15.4. The molecule has 1 saturated carbocycles. The number of nitrogens with two attached hydrogens (primary N) is 1. The summed E-state index contributed by atoms with van der Waals surface area (Å²) in [5.74, 6) is 1.15. The van der Waals surface area contributed by atoms with Crippen molar-refractivity contribution in [1.29, 1.82) is 0 Å². The molecule has 2 N–H and O–H groups in total. The first-order chi connectivity index (χ1) is 10.1. The highest BCUT2D eigenvalue weighted by molar-refractivity contribution is 7.85. The van der Waals surface area contributed by atoms with Gasteiger partial charge in [0, 0.05) is 10.1 Å². The average molecular weight is 308 g/mol. The van der Waals surface area contributed by atoms with Gasteiger partial charge < -0.3 is 5.73 Å². The summed E-state index contributed by atoms with van der Waals surface area (Å²) in [5.41, 5.74) is 8.34. The van der Waals surface area contributed by atoms with Gasteiger partial charge in [0.25, 0.3) is 0 Å². The minimum Gasteiger partial charge on any atom is -0.330 e. The van der Waals surface area contributed by atoms with Crippen molar-refractivity contribution in [2.75, 3.05) is 6.54 Å². The van der Waals surface area contributed by atoms with E-state index < -0.39 is 10.8 Å². The Morgan fingerprint density at radius 1 is 1.29 bits per heavy atom. The van der Waals surface area contributed by atoms with Gasteiger partial charge in [0.05, 0.1) is 10.8 Å². The molecular formula is C18H29NOS. The van der Waals surface area contributed by atoms with Gasteiger partial charge in [-0.3, -0.25) is 4.21 Å². The molecule has 0 aliphatic heterocycles. The molecule has 1 aromatic carbocycles. The zero-order valence-electron chi connectivity index (χ0n) is 13.6. The molecule has 118 valence electrons. The van der Waals surface area contributed by atoms with E-state index in [1.807, 2.05) is 0 Å². The van der Waals surface area contributed by atoms with Crippen LogP contribution in [0.4, 0.5) is 0 Å². The van der Waals surface area contributed by atoms with Gasteiger partial charge in [0.2, 0.25) is 0 Å². The third kappa shape index (κ3) is 3.95. The van der Waals surface area contributed by atoms with Crippen molar-refractivity contribution in [3.63, 3.8) is 0 Å². The predicted molar refractivity (Wildman–Crippen MR) is 90.9 cm³/mol. The summed E-state index contributed by atoms with van der Waals surface area (Å²) in [6, 6.07) is 6.26. The third-order valence-corrected chi connectivity index (χ3v) is 6.88. The van der Waals surface area contributed by atoms with Gasteiger partial charge in [-0.2, -0.15) is 0 Å². The van der Waals surface area contributed by atoms with Crippen LogP contribution in [0, 0.1) is 25.7 Å². The summed E-state index contributed by atoms with van der Waals surface area (Å²) in [7, 11) is -0.924. The van der Waals surface area contributed by atoms with E-state index in [4.69, 9.17) is 5.73 Å². The topological polar surface area (TPSA) is 43.1 Å². The van der Waals surface area contributed by atoms with Crippen LogP contribution >= 0.6 is 0 Å². The first-order valence-corrected chi connectivity index (χ1v) is 9.46. The van der Waals surface area contributed by atoms with E-state index in [0.717, 1.165) is 29.2 Å². The standard InChI is InChI=1S/C18H29NOS/c1-4-5-15-7-8-16(12-19)18(11-15)21(20)17-9-6-13(2)10-14(17)3/h6,9-10,15-16,18H,4-5,7-8,11-12,19H2,1-3H3. The second-order valence-corrected chi connectivity index (χ2v) is 8.21. The van der Waals surface area contributed by atoms with Crippen molar-refractivity contribution >= 4 is 10.8 Å². The van der Waals surface area contributed by atoms with E-state index in [0.29, 0.717) is 12.5 Å². The minimum atomic E-state index is -0.924. The maximum atomic E-state index is 13.1. The fraction of sp³-hybridized carbons (Fsp3) is 0.667. The molecule has 2 nitrogen and oxygen atoms in total.